The van der Waals surface area contributed by atoms with E-state index in [-0.39, 0.29) is 24.7 Å². The van der Waals surface area contributed by atoms with Crippen molar-refractivity contribution in [2.24, 2.45) is 5.10 Å². The zero-order valence-corrected chi connectivity index (χ0v) is 14.0. The van der Waals surface area contributed by atoms with Gasteiger partial charge in [-0.05, 0) is 30.7 Å². The Labute approximate surface area is 145 Å². The van der Waals surface area contributed by atoms with Crippen molar-refractivity contribution < 1.29 is 9.59 Å². The van der Waals surface area contributed by atoms with Crippen molar-refractivity contribution in [3.8, 4) is 0 Å². The Balaban J connectivity index is 1.75. The molecule has 2 amide bonds. The van der Waals surface area contributed by atoms with Crippen LogP contribution in [0.1, 0.15) is 24.0 Å². The number of amides is 2. The lowest BCUT2D eigenvalue weighted by Gasteiger charge is -2.05. The number of nitrogens with zero attached hydrogens (tertiary/aromatic N) is 1. The number of carbonyl (C=O) groups excluding carboxylic acids is 2. The fourth-order valence-corrected chi connectivity index (χ4v) is 2.17. The van der Waals surface area contributed by atoms with E-state index in [0.29, 0.717) is 10.6 Å². The largest absolute Gasteiger partial charge is 0.326 e. The van der Waals surface area contributed by atoms with Gasteiger partial charge in [0, 0.05) is 29.1 Å². The lowest BCUT2D eigenvalue weighted by Crippen LogP contribution is -2.20. The van der Waals surface area contributed by atoms with E-state index in [1.807, 2.05) is 37.3 Å². The molecule has 0 saturated heterocycles. The van der Waals surface area contributed by atoms with Crippen molar-refractivity contribution in [1.29, 1.82) is 0 Å². The van der Waals surface area contributed by atoms with Crippen LogP contribution in [0.3, 0.4) is 0 Å². The highest BCUT2D eigenvalue weighted by atomic mass is 35.5. The summed E-state index contributed by atoms with van der Waals surface area (Å²) < 4.78 is 0. The third-order valence-electron chi connectivity index (χ3n) is 3.18. The van der Waals surface area contributed by atoms with Gasteiger partial charge < -0.3 is 5.32 Å². The van der Waals surface area contributed by atoms with Crippen molar-refractivity contribution in [2.45, 2.75) is 19.8 Å². The highest BCUT2D eigenvalue weighted by molar-refractivity contribution is 6.33. The lowest BCUT2D eigenvalue weighted by atomic mass is 10.2. The normalized spacial score (nSPS) is 10.6. The number of aryl methyl sites for hydroxylation is 1. The van der Waals surface area contributed by atoms with Crippen molar-refractivity contribution in [2.75, 3.05) is 5.32 Å². The van der Waals surface area contributed by atoms with E-state index in [9.17, 15) is 9.59 Å². The number of hydrogen-bond acceptors (Lipinski definition) is 3. The van der Waals surface area contributed by atoms with Gasteiger partial charge in [-0.2, -0.15) is 5.10 Å². The van der Waals surface area contributed by atoms with E-state index in [1.54, 1.807) is 18.2 Å². The molecule has 124 valence electrons. The Morgan fingerprint density at radius 3 is 2.58 bits per heavy atom. The Morgan fingerprint density at radius 1 is 1.08 bits per heavy atom. The lowest BCUT2D eigenvalue weighted by molar-refractivity contribution is -0.124. The Hall–Kier alpha value is -2.66. The minimum atomic E-state index is -0.335. The van der Waals surface area contributed by atoms with Crippen molar-refractivity contribution in [3.63, 3.8) is 0 Å². The molecule has 2 rings (SSSR count). The van der Waals surface area contributed by atoms with E-state index in [0.717, 1.165) is 11.3 Å². The van der Waals surface area contributed by atoms with E-state index in [1.165, 1.54) is 6.21 Å². The van der Waals surface area contributed by atoms with Crippen molar-refractivity contribution in [3.05, 3.63) is 64.7 Å². The SMILES string of the molecule is Cc1cccc(NC(=O)CCC(=O)NN=Cc2ccccc2Cl)c1. The molecule has 0 aliphatic rings. The molecule has 0 spiro atoms. The van der Waals surface area contributed by atoms with Crippen LogP contribution >= 0.6 is 11.6 Å². The molecule has 0 heterocycles. The Bertz CT molecular complexity index is 759. The van der Waals surface area contributed by atoms with E-state index < -0.39 is 0 Å². The number of anilines is 1. The first kappa shape index (κ1) is 17.7. The topological polar surface area (TPSA) is 70.6 Å². The number of nitrogens with one attached hydrogen (secondary N) is 2. The van der Waals surface area contributed by atoms with Crippen molar-refractivity contribution in [1.82, 2.24) is 5.43 Å². The molecule has 0 fully saturated rings. The molecule has 0 atom stereocenters. The van der Waals surface area contributed by atoms with Crippen LogP contribution in [-0.4, -0.2) is 18.0 Å². The maximum atomic E-state index is 11.8. The second kappa shape index (κ2) is 8.84. The summed E-state index contributed by atoms with van der Waals surface area (Å²) in [5.74, 6) is -0.552. The number of hydrogen-bond donors (Lipinski definition) is 2. The van der Waals surface area contributed by atoms with Gasteiger partial charge in [-0.15, -0.1) is 0 Å². The monoisotopic (exact) mass is 343 g/mol. The van der Waals surface area contributed by atoms with Crippen LogP contribution in [0, 0.1) is 6.92 Å². The van der Waals surface area contributed by atoms with Gasteiger partial charge in [0.1, 0.15) is 0 Å². The summed E-state index contributed by atoms with van der Waals surface area (Å²) >= 11 is 5.97. The summed E-state index contributed by atoms with van der Waals surface area (Å²) in [6, 6.07) is 14.6. The molecule has 0 bridgehead atoms. The van der Waals surface area contributed by atoms with E-state index >= 15 is 0 Å². The van der Waals surface area contributed by atoms with Crippen molar-refractivity contribution >= 4 is 35.3 Å². The average Bonchev–Trinajstić information content (AvgIpc) is 2.55. The minimum Gasteiger partial charge on any atom is -0.326 e. The zero-order valence-electron chi connectivity index (χ0n) is 13.3. The first-order chi connectivity index (χ1) is 11.5. The number of halogens is 1. The smallest absolute Gasteiger partial charge is 0.240 e. The first-order valence-electron chi connectivity index (χ1n) is 7.47. The first-order valence-corrected chi connectivity index (χ1v) is 7.85. The van der Waals surface area contributed by atoms with Crippen LogP contribution in [0.25, 0.3) is 0 Å². The van der Waals surface area contributed by atoms with E-state index in [4.69, 9.17) is 11.6 Å². The molecular formula is C18H18ClN3O2. The molecule has 0 radical (unpaired) electrons. The van der Waals surface area contributed by atoms with Gasteiger partial charge in [-0.25, -0.2) is 5.43 Å². The Kier molecular flexibility index (Phi) is 6.51. The molecule has 24 heavy (non-hydrogen) atoms. The summed E-state index contributed by atoms with van der Waals surface area (Å²) in [5, 5.41) is 7.14. The number of benzene rings is 2. The van der Waals surface area contributed by atoms with Crippen LogP contribution in [0.15, 0.2) is 53.6 Å². The maximum absolute atomic E-state index is 11.8. The van der Waals surface area contributed by atoms with Gasteiger partial charge in [0.2, 0.25) is 11.8 Å². The summed E-state index contributed by atoms with van der Waals surface area (Å²) in [7, 11) is 0. The van der Waals surface area contributed by atoms with Gasteiger partial charge in [0.15, 0.2) is 0 Å². The molecule has 2 aromatic rings. The molecule has 0 aromatic heterocycles. The minimum absolute atomic E-state index is 0.0531. The quantitative estimate of drug-likeness (QED) is 0.622. The molecule has 2 aromatic carbocycles. The van der Waals surface area contributed by atoms with Crippen LogP contribution < -0.4 is 10.7 Å². The number of carbonyl (C=O) groups is 2. The van der Waals surface area contributed by atoms with Crippen LogP contribution in [0.2, 0.25) is 5.02 Å². The molecule has 0 aliphatic heterocycles. The second-order valence-corrected chi connectivity index (χ2v) is 5.64. The highest BCUT2D eigenvalue weighted by Gasteiger charge is 2.07. The molecule has 2 N–H and O–H groups in total. The standard InChI is InChI=1S/C18H18ClN3O2/c1-13-5-4-7-15(11-13)21-17(23)9-10-18(24)22-20-12-14-6-2-3-8-16(14)19/h2-8,11-12H,9-10H2,1H3,(H,21,23)(H,22,24). The summed E-state index contributed by atoms with van der Waals surface area (Å²) in [4.78, 5) is 23.5. The predicted molar refractivity (Wildman–Crippen MR) is 96.2 cm³/mol. The molecule has 0 aliphatic carbocycles. The highest BCUT2D eigenvalue weighted by Crippen LogP contribution is 2.12. The second-order valence-electron chi connectivity index (χ2n) is 5.23. The summed E-state index contributed by atoms with van der Waals surface area (Å²) in [5.41, 5.74) is 4.86. The third-order valence-corrected chi connectivity index (χ3v) is 3.52. The number of rotatable bonds is 6. The average molecular weight is 344 g/mol. The molecule has 0 unspecified atom stereocenters. The molecule has 5 nitrogen and oxygen atoms in total. The van der Waals surface area contributed by atoms with Gasteiger partial charge in [0.05, 0.1) is 6.21 Å². The van der Waals surface area contributed by atoms with Gasteiger partial charge in [-0.1, -0.05) is 41.9 Å². The van der Waals surface area contributed by atoms with Gasteiger partial charge in [0.25, 0.3) is 0 Å². The zero-order chi connectivity index (χ0) is 17.4. The maximum Gasteiger partial charge on any atom is 0.240 e. The number of hydrazone groups is 1. The molecular weight excluding hydrogens is 326 g/mol. The molecule has 6 heteroatoms. The van der Waals surface area contributed by atoms with Gasteiger partial charge >= 0.3 is 0 Å². The third kappa shape index (κ3) is 5.85. The van der Waals surface area contributed by atoms with Crippen LogP contribution in [-0.2, 0) is 9.59 Å². The Morgan fingerprint density at radius 2 is 1.83 bits per heavy atom. The summed E-state index contributed by atoms with van der Waals surface area (Å²) in [6.07, 6.45) is 1.60. The van der Waals surface area contributed by atoms with Gasteiger partial charge in [-0.3, -0.25) is 9.59 Å². The van der Waals surface area contributed by atoms with Crippen LogP contribution in [0.4, 0.5) is 5.69 Å². The fraction of sp³-hybridized carbons (Fsp3) is 0.167. The van der Waals surface area contributed by atoms with E-state index in [2.05, 4.69) is 15.8 Å². The van der Waals surface area contributed by atoms with Crippen LogP contribution in [0.5, 0.6) is 0 Å². The predicted octanol–water partition coefficient (Wildman–Crippen LogP) is 3.52. The summed E-state index contributed by atoms with van der Waals surface area (Å²) in [6.45, 7) is 1.94. The fourth-order valence-electron chi connectivity index (χ4n) is 1.98. The molecule has 0 saturated carbocycles.